The monoisotopic (exact) mass is 392 g/mol. The lowest BCUT2D eigenvalue weighted by atomic mass is 10.1. The summed E-state index contributed by atoms with van der Waals surface area (Å²) in [5.74, 6) is 0.0817. The average Bonchev–Trinajstić information content (AvgIpc) is 3.17. The predicted molar refractivity (Wildman–Crippen MR) is 109 cm³/mol. The molecule has 6 nitrogen and oxygen atoms in total. The van der Waals surface area contributed by atoms with Crippen molar-refractivity contribution < 1.29 is 9.53 Å². The van der Waals surface area contributed by atoms with Crippen LogP contribution in [-0.4, -0.2) is 60.4 Å². The number of benzene rings is 1. The Kier molecular flexibility index (Phi) is 8.78. The van der Waals surface area contributed by atoms with Crippen LogP contribution < -0.4 is 5.32 Å². The average molecular weight is 393 g/mol. The summed E-state index contributed by atoms with van der Waals surface area (Å²) in [6.07, 6.45) is 3.83. The minimum Gasteiger partial charge on any atom is -0.366 e. The highest BCUT2D eigenvalue weighted by molar-refractivity contribution is 5.85. The van der Waals surface area contributed by atoms with Gasteiger partial charge in [-0.2, -0.15) is 5.10 Å². The Bertz CT molecular complexity index is 686. The number of aromatic amines is 1. The van der Waals surface area contributed by atoms with Crippen LogP contribution in [0.25, 0.3) is 11.3 Å². The van der Waals surface area contributed by atoms with Crippen molar-refractivity contribution in [3.8, 4) is 11.3 Å². The van der Waals surface area contributed by atoms with Gasteiger partial charge < -0.3 is 15.0 Å². The van der Waals surface area contributed by atoms with E-state index in [-0.39, 0.29) is 24.4 Å². The summed E-state index contributed by atoms with van der Waals surface area (Å²) in [5.41, 5.74) is 3.29. The molecule has 0 bridgehead atoms. The number of unbranched alkanes of at least 4 members (excludes halogenated alkanes) is 2. The molecule has 2 aromatic rings. The minimum atomic E-state index is -0.324. The number of morpholine rings is 1. The van der Waals surface area contributed by atoms with Crippen molar-refractivity contribution in [3.63, 3.8) is 0 Å². The Hall–Kier alpha value is -1.89. The summed E-state index contributed by atoms with van der Waals surface area (Å²) in [6, 6.07) is 12.3. The highest BCUT2D eigenvalue weighted by Gasteiger charge is 2.24. The third kappa shape index (κ3) is 6.34. The molecule has 1 aromatic heterocycles. The van der Waals surface area contributed by atoms with Gasteiger partial charge in [-0.15, -0.1) is 12.4 Å². The molecular formula is C20H29ClN4O2. The van der Waals surface area contributed by atoms with Gasteiger partial charge >= 0.3 is 0 Å². The number of hydrogen-bond acceptors (Lipinski definition) is 4. The van der Waals surface area contributed by atoms with Crippen molar-refractivity contribution in [1.82, 2.24) is 20.4 Å². The quantitative estimate of drug-likeness (QED) is 0.677. The molecule has 1 amide bonds. The molecule has 1 aliphatic heterocycles. The number of hydrogen-bond donors (Lipinski definition) is 2. The van der Waals surface area contributed by atoms with Crippen molar-refractivity contribution in [2.24, 2.45) is 0 Å². The van der Waals surface area contributed by atoms with Crippen LogP contribution in [0.5, 0.6) is 0 Å². The van der Waals surface area contributed by atoms with E-state index in [4.69, 9.17) is 4.74 Å². The van der Waals surface area contributed by atoms with E-state index in [0.717, 1.165) is 55.7 Å². The zero-order valence-corrected chi connectivity index (χ0v) is 16.6. The van der Waals surface area contributed by atoms with Crippen LogP contribution in [0.1, 0.15) is 25.0 Å². The summed E-state index contributed by atoms with van der Waals surface area (Å²) in [4.78, 5) is 14.1. The van der Waals surface area contributed by atoms with E-state index in [0.29, 0.717) is 13.2 Å². The molecule has 1 aromatic carbocycles. The maximum absolute atomic E-state index is 12.3. The fourth-order valence-corrected chi connectivity index (χ4v) is 3.17. The van der Waals surface area contributed by atoms with Crippen LogP contribution >= 0.6 is 12.4 Å². The van der Waals surface area contributed by atoms with E-state index in [2.05, 4.69) is 33.7 Å². The third-order valence-electron chi connectivity index (χ3n) is 4.72. The molecule has 1 fully saturated rings. The second-order valence-corrected chi connectivity index (χ2v) is 6.78. The second kappa shape index (κ2) is 11.1. The largest absolute Gasteiger partial charge is 0.366 e. The van der Waals surface area contributed by atoms with Gasteiger partial charge in [0.25, 0.3) is 5.91 Å². The van der Waals surface area contributed by atoms with Crippen LogP contribution in [0.15, 0.2) is 36.4 Å². The van der Waals surface area contributed by atoms with E-state index in [1.54, 1.807) is 4.90 Å². The standard InChI is InChI=1S/C20H28N4O2.ClH/c1-24(20(25)19-15-21-11-13-26-19)12-7-3-6-10-17-14-18(23-22-17)16-8-4-2-5-9-16;/h2,4-5,8-9,14,19,21H,3,6-7,10-13,15H2,1H3,(H,22,23);1H. The van der Waals surface area contributed by atoms with Crippen molar-refractivity contribution in [2.75, 3.05) is 33.3 Å². The minimum absolute atomic E-state index is 0. The van der Waals surface area contributed by atoms with Gasteiger partial charge in [0, 0.05) is 37.9 Å². The highest BCUT2D eigenvalue weighted by atomic mass is 35.5. The Labute approximate surface area is 167 Å². The van der Waals surface area contributed by atoms with Crippen LogP contribution in [0.4, 0.5) is 0 Å². The van der Waals surface area contributed by atoms with Crippen molar-refractivity contribution in [3.05, 3.63) is 42.1 Å². The number of aryl methyl sites for hydroxylation is 1. The number of nitrogens with one attached hydrogen (secondary N) is 2. The van der Waals surface area contributed by atoms with Crippen LogP contribution in [0.3, 0.4) is 0 Å². The number of ether oxygens (including phenoxy) is 1. The number of carbonyl (C=O) groups is 1. The number of aromatic nitrogens is 2. The summed E-state index contributed by atoms with van der Waals surface area (Å²) < 4.78 is 5.52. The molecule has 3 rings (SSSR count). The molecule has 2 N–H and O–H groups in total. The summed E-state index contributed by atoms with van der Waals surface area (Å²) in [6.45, 7) is 2.83. The van der Waals surface area contributed by atoms with E-state index in [9.17, 15) is 4.79 Å². The molecule has 7 heteroatoms. The molecule has 1 saturated heterocycles. The second-order valence-electron chi connectivity index (χ2n) is 6.78. The smallest absolute Gasteiger partial charge is 0.252 e. The number of likely N-dealkylation sites (N-methyl/N-ethyl adjacent to an activating group) is 1. The van der Waals surface area contributed by atoms with E-state index in [1.807, 2.05) is 25.2 Å². The van der Waals surface area contributed by atoms with Crippen LogP contribution in [0, 0.1) is 0 Å². The molecule has 1 aliphatic rings. The third-order valence-corrected chi connectivity index (χ3v) is 4.72. The molecule has 0 saturated carbocycles. The molecule has 1 unspecified atom stereocenters. The first-order chi connectivity index (χ1) is 12.7. The maximum atomic E-state index is 12.3. The number of rotatable bonds is 8. The highest BCUT2D eigenvalue weighted by Crippen LogP contribution is 2.18. The lowest BCUT2D eigenvalue weighted by molar-refractivity contribution is -0.143. The van der Waals surface area contributed by atoms with Crippen molar-refractivity contribution in [2.45, 2.75) is 31.8 Å². The summed E-state index contributed by atoms with van der Waals surface area (Å²) >= 11 is 0. The van der Waals surface area contributed by atoms with Gasteiger partial charge in [-0.05, 0) is 25.3 Å². The molecule has 148 valence electrons. The fourth-order valence-electron chi connectivity index (χ4n) is 3.17. The van der Waals surface area contributed by atoms with Gasteiger partial charge in [0.05, 0.1) is 12.3 Å². The summed E-state index contributed by atoms with van der Waals surface area (Å²) in [5, 5.41) is 10.7. The lowest BCUT2D eigenvalue weighted by Gasteiger charge is -2.27. The number of nitrogens with zero attached hydrogens (tertiary/aromatic N) is 2. The fraction of sp³-hybridized carbons (Fsp3) is 0.500. The Balaban J connectivity index is 0.00000261. The van der Waals surface area contributed by atoms with Crippen LogP contribution in [-0.2, 0) is 16.0 Å². The van der Waals surface area contributed by atoms with Gasteiger partial charge in [0.2, 0.25) is 0 Å². The first-order valence-corrected chi connectivity index (χ1v) is 9.41. The zero-order valence-electron chi connectivity index (χ0n) is 15.8. The van der Waals surface area contributed by atoms with Gasteiger partial charge in [-0.3, -0.25) is 9.89 Å². The van der Waals surface area contributed by atoms with E-state index < -0.39 is 0 Å². The normalized spacial score (nSPS) is 16.6. The Morgan fingerprint density at radius 1 is 1.26 bits per heavy atom. The molecule has 1 atom stereocenters. The van der Waals surface area contributed by atoms with Gasteiger partial charge in [-0.25, -0.2) is 0 Å². The Morgan fingerprint density at radius 3 is 2.81 bits per heavy atom. The number of amides is 1. The van der Waals surface area contributed by atoms with Crippen LogP contribution in [0.2, 0.25) is 0 Å². The molecule has 2 heterocycles. The number of halogens is 1. The number of H-pyrrole nitrogens is 1. The van der Waals surface area contributed by atoms with Gasteiger partial charge in [0.15, 0.2) is 0 Å². The Morgan fingerprint density at radius 2 is 2.07 bits per heavy atom. The van der Waals surface area contributed by atoms with Gasteiger partial charge in [0.1, 0.15) is 6.10 Å². The van der Waals surface area contributed by atoms with Crippen molar-refractivity contribution in [1.29, 1.82) is 0 Å². The number of carbonyl (C=O) groups excluding carboxylic acids is 1. The first-order valence-electron chi connectivity index (χ1n) is 9.41. The SMILES string of the molecule is CN(CCCCCc1cc(-c2ccccc2)n[nH]1)C(=O)C1CNCCO1.Cl. The predicted octanol–water partition coefficient (Wildman–Crippen LogP) is 2.66. The summed E-state index contributed by atoms with van der Waals surface area (Å²) in [7, 11) is 1.86. The lowest BCUT2D eigenvalue weighted by Crippen LogP contribution is -2.48. The molecule has 0 radical (unpaired) electrons. The van der Waals surface area contributed by atoms with E-state index >= 15 is 0 Å². The van der Waals surface area contributed by atoms with E-state index in [1.165, 1.54) is 0 Å². The zero-order chi connectivity index (χ0) is 18.2. The molecular weight excluding hydrogens is 364 g/mol. The topological polar surface area (TPSA) is 70.2 Å². The first kappa shape index (κ1) is 21.4. The van der Waals surface area contributed by atoms with Crippen molar-refractivity contribution >= 4 is 18.3 Å². The molecule has 27 heavy (non-hydrogen) atoms. The van der Waals surface area contributed by atoms with Gasteiger partial charge in [-0.1, -0.05) is 36.8 Å². The molecule has 0 spiro atoms. The maximum Gasteiger partial charge on any atom is 0.252 e. The molecule has 0 aliphatic carbocycles.